The maximum Gasteiger partial charge on any atom is 0.253 e. The number of carbonyl (C=O) groups is 1. The number of unbranched alkanes of at least 4 members (excludes halogenated alkanes) is 1. The lowest BCUT2D eigenvalue weighted by atomic mass is 10.0. The normalized spacial score (nSPS) is 16.5. The first-order chi connectivity index (χ1) is 17.6. The number of thiophene rings is 1. The van der Waals surface area contributed by atoms with Gasteiger partial charge in [0, 0.05) is 56.1 Å². The molecule has 0 aliphatic carbocycles. The first kappa shape index (κ1) is 25.2. The van der Waals surface area contributed by atoms with Crippen molar-refractivity contribution in [2.75, 3.05) is 44.2 Å². The van der Waals surface area contributed by atoms with Crippen LogP contribution in [-0.4, -0.2) is 64.9 Å². The van der Waals surface area contributed by atoms with Crippen molar-refractivity contribution < 1.29 is 4.79 Å². The van der Waals surface area contributed by atoms with Gasteiger partial charge in [-0.3, -0.25) is 9.69 Å². The molecule has 2 aromatic heterocycles. The van der Waals surface area contributed by atoms with Crippen molar-refractivity contribution in [1.29, 1.82) is 0 Å². The van der Waals surface area contributed by atoms with E-state index in [9.17, 15) is 4.79 Å². The Morgan fingerprint density at radius 3 is 2.42 bits per heavy atom. The van der Waals surface area contributed by atoms with E-state index in [-0.39, 0.29) is 5.91 Å². The fourth-order valence-corrected chi connectivity index (χ4v) is 6.68. The minimum atomic E-state index is 0.142. The number of nitrogens with zero attached hydrogens (tertiary/aromatic N) is 5. The third kappa shape index (κ3) is 5.14. The summed E-state index contributed by atoms with van der Waals surface area (Å²) in [7, 11) is 0. The van der Waals surface area contributed by atoms with Gasteiger partial charge in [-0.2, -0.15) is 0 Å². The third-order valence-electron chi connectivity index (χ3n) is 7.61. The number of carbonyl (C=O) groups excluding carboxylic acids is 1. The molecule has 1 amide bonds. The zero-order valence-corrected chi connectivity index (χ0v) is 22.9. The molecular formula is C29H39N5OS. The van der Waals surface area contributed by atoms with E-state index in [1.165, 1.54) is 34.2 Å². The molecule has 36 heavy (non-hydrogen) atoms. The maximum atomic E-state index is 13.2. The van der Waals surface area contributed by atoms with Crippen LogP contribution in [0.1, 0.15) is 72.2 Å². The summed E-state index contributed by atoms with van der Waals surface area (Å²) in [5, 5.41) is 1.27. The monoisotopic (exact) mass is 505 g/mol. The van der Waals surface area contributed by atoms with Crippen LogP contribution in [0.4, 0.5) is 5.82 Å². The predicted molar refractivity (Wildman–Crippen MR) is 149 cm³/mol. The van der Waals surface area contributed by atoms with Gasteiger partial charge in [0.05, 0.1) is 5.39 Å². The Balaban J connectivity index is 1.34. The van der Waals surface area contributed by atoms with Crippen LogP contribution < -0.4 is 4.90 Å². The molecule has 7 heteroatoms. The molecule has 2 aliphatic heterocycles. The van der Waals surface area contributed by atoms with Crippen LogP contribution in [0.15, 0.2) is 24.3 Å². The van der Waals surface area contributed by atoms with Gasteiger partial charge in [-0.25, -0.2) is 9.97 Å². The second-order valence-corrected chi connectivity index (χ2v) is 11.2. The number of hydrogen-bond acceptors (Lipinski definition) is 6. The van der Waals surface area contributed by atoms with Gasteiger partial charge in [0.1, 0.15) is 16.5 Å². The zero-order chi connectivity index (χ0) is 25.1. The molecule has 0 N–H and O–H groups in total. The van der Waals surface area contributed by atoms with Crippen LogP contribution in [-0.2, 0) is 25.8 Å². The fraction of sp³-hybridized carbons (Fsp3) is 0.552. The summed E-state index contributed by atoms with van der Waals surface area (Å²) in [6.07, 6.45) is 6.47. The summed E-state index contributed by atoms with van der Waals surface area (Å²) in [6.45, 7) is 12.9. The predicted octanol–water partition coefficient (Wildman–Crippen LogP) is 5.33. The second-order valence-electron chi connectivity index (χ2n) is 10.1. The summed E-state index contributed by atoms with van der Waals surface area (Å²) < 4.78 is 0. The number of piperazine rings is 1. The largest absolute Gasteiger partial charge is 0.352 e. The van der Waals surface area contributed by atoms with Crippen molar-refractivity contribution in [2.45, 2.75) is 65.8 Å². The van der Waals surface area contributed by atoms with Gasteiger partial charge in [0.25, 0.3) is 5.91 Å². The van der Waals surface area contributed by atoms with Crippen molar-refractivity contribution in [1.82, 2.24) is 19.8 Å². The highest BCUT2D eigenvalue weighted by Crippen LogP contribution is 2.39. The first-order valence-electron chi connectivity index (χ1n) is 13.8. The summed E-state index contributed by atoms with van der Waals surface area (Å²) in [5.41, 5.74) is 3.57. The van der Waals surface area contributed by atoms with Crippen molar-refractivity contribution in [3.05, 3.63) is 51.7 Å². The second kappa shape index (κ2) is 11.3. The van der Waals surface area contributed by atoms with Crippen LogP contribution in [0.2, 0.25) is 0 Å². The Morgan fingerprint density at radius 1 is 0.944 bits per heavy atom. The number of fused-ring (bicyclic) bond motifs is 3. The smallest absolute Gasteiger partial charge is 0.253 e. The van der Waals surface area contributed by atoms with Crippen molar-refractivity contribution in [2.24, 2.45) is 0 Å². The summed E-state index contributed by atoms with van der Waals surface area (Å²) in [4.78, 5) is 32.8. The molecule has 0 radical (unpaired) electrons. The number of amides is 1. The van der Waals surface area contributed by atoms with Gasteiger partial charge in [-0.15, -0.1) is 11.3 Å². The summed E-state index contributed by atoms with van der Waals surface area (Å²) in [6, 6.07) is 8.24. The van der Waals surface area contributed by atoms with Crippen LogP contribution in [0.25, 0.3) is 10.2 Å². The quantitative estimate of drug-likeness (QED) is 0.414. The van der Waals surface area contributed by atoms with E-state index in [0.717, 1.165) is 93.5 Å². The highest BCUT2D eigenvalue weighted by Gasteiger charge is 2.28. The lowest BCUT2D eigenvalue weighted by Crippen LogP contribution is -2.49. The van der Waals surface area contributed by atoms with E-state index in [4.69, 9.17) is 9.97 Å². The molecule has 1 fully saturated rings. The van der Waals surface area contributed by atoms with Gasteiger partial charge in [-0.05, 0) is 55.5 Å². The average molecular weight is 506 g/mol. The lowest BCUT2D eigenvalue weighted by Gasteiger charge is -2.36. The van der Waals surface area contributed by atoms with E-state index in [2.05, 4.69) is 42.7 Å². The zero-order valence-electron chi connectivity index (χ0n) is 22.1. The van der Waals surface area contributed by atoms with Gasteiger partial charge in [-0.1, -0.05) is 39.3 Å². The van der Waals surface area contributed by atoms with E-state index >= 15 is 0 Å². The highest BCUT2D eigenvalue weighted by atomic mass is 32.1. The first-order valence-corrected chi connectivity index (χ1v) is 14.6. The van der Waals surface area contributed by atoms with Crippen molar-refractivity contribution in [3.8, 4) is 0 Å². The van der Waals surface area contributed by atoms with Crippen LogP contribution in [0, 0.1) is 0 Å². The number of aromatic nitrogens is 2. The molecule has 0 saturated carbocycles. The minimum Gasteiger partial charge on any atom is -0.352 e. The van der Waals surface area contributed by atoms with E-state index in [1.54, 1.807) is 0 Å². The van der Waals surface area contributed by atoms with Crippen molar-refractivity contribution >= 4 is 33.3 Å². The molecule has 1 aromatic carbocycles. The Hall–Kier alpha value is -2.51. The molecule has 2 aliphatic rings. The number of hydrogen-bond donors (Lipinski definition) is 0. The number of aryl methyl sites for hydroxylation is 2. The van der Waals surface area contributed by atoms with E-state index in [0.29, 0.717) is 0 Å². The van der Waals surface area contributed by atoms with Gasteiger partial charge >= 0.3 is 0 Å². The Kier molecular flexibility index (Phi) is 7.87. The minimum absolute atomic E-state index is 0.142. The Bertz CT molecular complexity index is 1200. The Morgan fingerprint density at radius 2 is 1.72 bits per heavy atom. The van der Waals surface area contributed by atoms with E-state index in [1.807, 2.05) is 28.4 Å². The molecule has 3 aromatic rings. The fourth-order valence-electron chi connectivity index (χ4n) is 5.40. The molecule has 192 valence electrons. The molecule has 0 atom stereocenters. The highest BCUT2D eigenvalue weighted by molar-refractivity contribution is 7.19. The number of anilines is 1. The topological polar surface area (TPSA) is 52.6 Å². The van der Waals surface area contributed by atoms with Gasteiger partial charge in [0.15, 0.2) is 0 Å². The average Bonchev–Trinajstić information content (AvgIpc) is 3.29. The van der Waals surface area contributed by atoms with Gasteiger partial charge in [0.2, 0.25) is 0 Å². The maximum absolute atomic E-state index is 13.2. The number of rotatable bonds is 8. The molecule has 0 spiro atoms. The standard InChI is InChI=1S/C29H39N5OS/c1-4-7-9-21-10-12-22(13-11-21)29(35)34-18-16-33(17-19-34)27-26-23-14-15-32(6-3)20-24(23)36-28(26)31-25(30-27)8-5-2/h10-13H,4-9,14-20H2,1-3H3. The third-order valence-corrected chi connectivity index (χ3v) is 8.72. The lowest BCUT2D eigenvalue weighted by molar-refractivity contribution is 0.0746. The summed E-state index contributed by atoms with van der Waals surface area (Å²) in [5.74, 6) is 2.19. The number of benzene rings is 1. The van der Waals surface area contributed by atoms with Crippen LogP contribution >= 0.6 is 11.3 Å². The number of likely N-dealkylation sites (N-methyl/N-ethyl adjacent to an activating group) is 1. The van der Waals surface area contributed by atoms with Crippen LogP contribution in [0.5, 0.6) is 0 Å². The van der Waals surface area contributed by atoms with E-state index < -0.39 is 0 Å². The SMILES string of the molecule is CCCCc1ccc(C(=O)N2CCN(c3nc(CCC)nc4sc5c(c34)CCN(CC)C5)CC2)cc1. The molecule has 4 heterocycles. The van der Waals surface area contributed by atoms with Crippen molar-refractivity contribution in [3.63, 3.8) is 0 Å². The molecule has 0 unspecified atom stereocenters. The molecule has 6 nitrogen and oxygen atoms in total. The van der Waals surface area contributed by atoms with Crippen LogP contribution in [0.3, 0.4) is 0 Å². The molecule has 0 bridgehead atoms. The Labute approximate surface area is 219 Å². The van der Waals surface area contributed by atoms with Gasteiger partial charge < -0.3 is 9.80 Å². The molecular weight excluding hydrogens is 466 g/mol. The molecule has 5 rings (SSSR count). The molecule has 1 saturated heterocycles. The summed E-state index contributed by atoms with van der Waals surface area (Å²) >= 11 is 1.86.